The van der Waals surface area contributed by atoms with Crippen LogP contribution in [-0.4, -0.2) is 30.0 Å². The number of ether oxygens (including phenoxy) is 1. The van der Waals surface area contributed by atoms with E-state index in [1.165, 1.54) is 23.1 Å². The Balaban J connectivity index is 1.64. The van der Waals surface area contributed by atoms with Crippen LogP contribution >= 0.6 is 11.6 Å². The molecule has 1 aliphatic carbocycles. The summed E-state index contributed by atoms with van der Waals surface area (Å²) in [7, 11) is 0. The summed E-state index contributed by atoms with van der Waals surface area (Å²) in [5.41, 5.74) is 0.925. The zero-order valence-corrected chi connectivity index (χ0v) is 16.0. The van der Waals surface area contributed by atoms with Gasteiger partial charge < -0.3 is 4.74 Å². The summed E-state index contributed by atoms with van der Waals surface area (Å²) in [6, 6.07) is 12.3. The van der Waals surface area contributed by atoms with E-state index >= 15 is 0 Å². The van der Waals surface area contributed by atoms with Crippen LogP contribution in [0.4, 0.5) is 10.5 Å². The highest BCUT2D eigenvalue weighted by molar-refractivity contribution is 6.49. The summed E-state index contributed by atoms with van der Waals surface area (Å²) >= 11 is 6.12. The minimum Gasteiger partial charge on any atom is -0.451 e. The van der Waals surface area contributed by atoms with E-state index in [0.717, 1.165) is 0 Å². The van der Waals surface area contributed by atoms with Crippen molar-refractivity contribution in [2.24, 2.45) is 5.92 Å². The summed E-state index contributed by atoms with van der Waals surface area (Å²) < 4.78 is 5.67. The van der Waals surface area contributed by atoms with Gasteiger partial charge in [0.1, 0.15) is 10.8 Å². The summed E-state index contributed by atoms with van der Waals surface area (Å²) in [5.74, 6) is -1.72. The maximum Gasteiger partial charge on any atom is 0.328 e. The minimum absolute atomic E-state index is 0.211. The first-order chi connectivity index (χ1) is 13.9. The molecule has 2 aromatic carbocycles. The Morgan fingerprint density at radius 1 is 1.00 bits per heavy atom. The molecule has 1 fully saturated rings. The number of imide groups is 1. The van der Waals surface area contributed by atoms with Crippen molar-refractivity contribution in [1.82, 2.24) is 5.32 Å². The zero-order chi connectivity index (χ0) is 20.7. The second-order valence-corrected chi connectivity index (χ2v) is 7.13. The molecule has 0 spiro atoms. The van der Waals surface area contributed by atoms with Crippen LogP contribution < -0.4 is 15.0 Å². The van der Waals surface area contributed by atoms with Gasteiger partial charge in [0.05, 0.1) is 5.92 Å². The summed E-state index contributed by atoms with van der Waals surface area (Å²) in [5, 5.41) is 1.99. The average Bonchev–Trinajstić information content (AvgIpc) is 2.72. The average molecular weight is 411 g/mol. The van der Waals surface area contributed by atoms with Gasteiger partial charge in [-0.25, -0.2) is 4.79 Å². The number of allylic oxidation sites excluding steroid dienone is 2. The van der Waals surface area contributed by atoms with E-state index in [0.29, 0.717) is 5.69 Å². The highest BCUT2D eigenvalue weighted by atomic mass is 35.5. The second kappa shape index (κ2) is 7.18. The lowest BCUT2D eigenvalue weighted by molar-refractivity contribution is -0.123. The number of hydrogen-bond donors (Lipinski definition) is 1. The van der Waals surface area contributed by atoms with Gasteiger partial charge in [0.2, 0.25) is 17.5 Å². The Hall–Kier alpha value is -3.45. The van der Waals surface area contributed by atoms with Gasteiger partial charge in [-0.15, -0.1) is 0 Å². The molecule has 1 saturated heterocycles. The molecule has 0 saturated carbocycles. The quantitative estimate of drug-likeness (QED) is 0.838. The molecule has 1 atom stereocenters. The van der Waals surface area contributed by atoms with Gasteiger partial charge in [0, 0.05) is 29.4 Å². The lowest BCUT2D eigenvalue weighted by Crippen LogP contribution is -2.53. The van der Waals surface area contributed by atoms with Gasteiger partial charge in [-0.1, -0.05) is 48.9 Å². The number of halogens is 1. The lowest BCUT2D eigenvalue weighted by Gasteiger charge is -2.30. The standard InChI is InChI=1S/C21H15ClN2O5/c1-11-10-24(21(28)23-20(11)27)12-5-4-6-13(9-12)29-19-16(22)17(25)14-7-2-3-8-15(14)18(19)26/h2-9,11H,10H2,1H3,(H,23,27,28). The highest BCUT2D eigenvalue weighted by Crippen LogP contribution is 2.32. The Labute approximate surface area is 170 Å². The molecule has 0 radical (unpaired) electrons. The van der Waals surface area contributed by atoms with Crippen molar-refractivity contribution < 1.29 is 23.9 Å². The fraction of sp³-hybridized carbons (Fsp3) is 0.143. The zero-order valence-electron chi connectivity index (χ0n) is 15.3. The molecule has 2 aliphatic rings. The van der Waals surface area contributed by atoms with Gasteiger partial charge in [-0.3, -0.25) is 24.6 Å². The molecule has 0 bridgehead atoms. The number of anilines is 1. The maximum absolute atomic E-state index is 12.8. The number of amides is 3. The number of fused-ring (bicyclic) bond motifs is 1. The second-order valence-electron chi connectivity index (χ2n) is 6.75. The van der Waals surface area contributed by atoms with E-state index in [4.69, 9.17) is 16.3 Å². The van der Waals surface area contributed by atoms with Crippen LogP contribution in [0.3, 0.4) is 0 Å². The van der Waals surface area contributed by atoms with Crippen molar-refractivity contribution in [3.63, 3.8) is 0 Å². The molecular formula is C21H15ClN2O5. The van der Waals surface area contributed by atoms with Crippen molar-refractivity contribution in [3.05, 3.63) is 70.4 Å². The van der Waals surface area contributed by atoms with E-state index in [9.17, 15) is 19.2 Å². The van der Waals surface area contributed by atoms with E-state index in [2.05, 4.69) is 5.32 Å². The third-order valence-electron chi connectivity index (χ3n) is 4.75. The van der Waals surface area contributed by atoms with Crippen molar-refractivity contribution >= 4 is 40.8 Å². The summed E-state index contributed by atoms with van der Waals surface area (Å²) in [4.78, 5) is 50.4. The van der Waals surface area contributed by atoms with E-state index in [1.807, 2.05) is 0 Å². The third kappa shape index (κ3) is 3.30. The Kier molecular flexibility index (Phi) is 4.68. The molecule has 29 heavy (non-hydrogen) atoms. The number of urea groups is 1. The van der Waals surface area contributed by atoms with E-state index in [-0.39, 0.29) is 46.0 Å². The number of carbonyl (C=O) groups is 4. The Bertz CT molecular complexity index is 1110. The monoisotopic (exact) mass is 410 g/mol. The smallest absolute Gasteiger partial charge is 0.328 e. The topological polar surface area (TPSA) is 92.8 Å². The minimum atomic E-state index is -0.541. The van der Waals surface area contributed by atoms with Gasteiger partial charge in [0.25, 0.3) is 0 Å². The van der Waals surface area contributed by atoms with Gasteiger partial charge >= 0.3 is 6.03 Å². The lowest BCUT2D eigenvalue weighted by atomic mass is 9.93. The molecule has 8 heteroatoms. The van der Waals surface area contributed by atoms with E-state index < -0.39 is 17.6 Å². The largest absolute Gasteiger partial charge is 0.451 e. The molecule has 3 amide bonds. The number of nitrogens with one attached hydrogen (secondary N) is 1. The number of nitrogens with zero attached hydrogens (tertiary/aromatic N) is 1. The highest BCUT2D eigenvalue weighted by Gasteiger charge is 2.34. The molecule has 1 aliphatic heterocycles. The number of ketones is 2. The first kappa shape index (κ1) is 18.9. The molecule has 1 unspecified atom stereocenters. The number of rotatable bonds is 3. The van der Waals surface area contributed by atoms with Gasteiger partial charge in [0.15, 0.2) is 5.76 Å². The normalized spacial score (nSPS) is 19.2. The van der Waals surface area contributed by atoms with Crippen molar-refractivity contribution in [2.75, 3.05) is 11.4 Å². The predicted molar refractivity (Wildman–Crippen MR) is 105 cm³/mol. The number of Topliss-reactive ketones (excluding diaryl/α,β-unsaturated/α-hetero) is 2. The molecule has 1 heterocycles. The van der Waals surface area contributed by atoms with Crippen LogP contribution in [0.25, 0.3) is 0 Å². The van der Waals surface area contributed by atoms with Crippen molar-refractivity contribution in [2.45, 2.75) is 6.92 Å². The van der Waals surface area contributed by atoms with Crippen LogP contribution in [-0.2, 0) is 4.79 Å². The molecule has 146 valence electrons. The van der Waals surface area contributed by atoms with Gasteiger partial charge in [-0.2, -0.15) is 0 Å². The summed E-state index contributed by atoms with van der Waals surface area (Å²) in [6.07, 6.45) is 0. The van der Waals surface area contributed by atoms with Gasteiger partial charge in [-0.05, 0) is 12.1 Å². The SMILES string of the molecule is CC1CN(c2cccc(OC3=C(Cl)C(=O)c4ccccc4C3=O)c2)C(=O)NC1=O. The van der Waals surface area contributed by atoms with Crippen molar-refractivity contribution in [1.29, 1.82) is 0 Å². The number of hydrogen-bond acceptors (Lipinski definition) is 5. The fourth-order valence-electron chi connectivity index (χ4n) is 3.20. The molecule has 2 aromatic rings. The van der Waals surface area contributed by atoms with Crippen LogP contribution in [0.5, 0.6) is 5.75 Å². The summed E-state index contributed by atoms with van der Waals surface area (Å²) in [6.45, 7) is 1.92. The third-order valence-corrected chi connectivity index (χ3v) is 5.09. The number of benzene rings is 2. The van der Waals surface area contributed by atoms with Crippen molar-refractivity contribution in [3.8, 4) is 5.75 Å². The first-order valence-corrected chi connectivity index (χ1v) is 9.23. The number of carbonyl (C=O) groups excluding carboxylic acids is 4. The predicted octanol–water partition coefficient (Wildman–Crippen LogP) is 3.29. The van der Waals surface area contributed by atoms with E-state index in [1.54, 1.807) is 37.3 Å². The van der Waals surface area contributed by atoms with Crippen LogP contribution in [0, 0.1) is 5.92 Å². The van der Waals surface area contributed by atoms with Crippen LogP contribution in [0.1, 0.15) is 27.6 Å². The fourth-order valence-corrected chi connectivity index (χ4v) is 3.43. The molecule has 1 N–H and O–H groups in total. The Morgan fingerprint density at radius 3 is 2.41 bits per heavy atom. The van der Waals surface area contributed by atoms with Crippen LogP contribution in [0.2, 0.25) is 0 Å². The first-order valence-electron chi connectivity index (χ1n) is 8.85. The Morgan fingerprint density at radius 2 is 1.69 bits per heavy atom. The maximum atomic E-state index is 12.8. The van der Waals surface area contributed by atoms with Crippen LogP contribution in [0.15, 0.2) is 59.3 Å². The molecular weight excluding hydrogens is 396 g/mol. The molecule has 4 rings (SSSR count). The molecule has 0 aromatic heterocycles. The molecule has 7 nitrogen and oxygen atoms in total.